The van der Waals surface area contributed by atoms with Crippen LogP contribution in [0.2, 0.25) is 0 Å². The maximum Gasteiger partial charge on any atom is 0.341 e. The number of hydrogen-bond acceptors (Lipinski definition) is 5. The summed E-state index contributed by atoms with van der Waals surface area (Å²) < 4.78 is 7.03. The summed E-state index contributed by atoms with van der Waals surface area (Å²) >= 11 is 0. The Morgan fingerprint density at radius 2 is 2.00 bits per heavy atom. The van der Waals surface area contributed by atoms with Crippen molar-refractivity contribution < 1.29 is 9.53 Å². The fourth-order valence-electron chi connectivity index (χ4n) is 2.92. The van der Waals surface area contributed by atoms with Crippen LogP contribution in [0, 0.1) is 13.8 Å². The molecule has 2 aromatic heterocycles. The molecule has 0 aliphatic heterocycles. The van der Waals surface area contributed by atoms with E-state index < -0.39 is 0 Å². The number of nitrogens with zero attached hydrogens (tertiary/aromatic N) is 3. The van der Waals surface area contributed by atoms with Crippen molar-refractivity contribution in [1.29, 1.82) is 0 Å². The van der Waals surface area contributed by atoms with Crippen LogP contribution in [-0.4, -0.2) is 27.3 Å². The second-order valence-corrected chi connectivity index (χ2v) is 6.32. The topological polar surface area (TPSA) is 69.0 Å². The van der Waals surface area contributed by atoms with E-state index in [9.17, 15) is 4.79 Å². The van der Waals surface area contributed by atoms with Gasteiger partial charge in [0.25, 0.3) is 0 Å². The van der Waals surface area contributed by atoms with Crippen LogP contribution in [0.15, 0.2) is 48.9 Å². The number of esters is 1. The minimum atomic E-state index is -0.354. The van der Waals surface area contributed by atoms with Gasteiger partial charge in [-0.25, -0.2) is 9.48 Å². The number of carbonyl (C=O) groups is 1. The Balaban J connectivity index is 1.91. The van der Waals surface area contributed by atoms with Gasteiger partial charge in [-0.3, -0.25) is 4.98 Å². The van der Waals surface area contributed by atoms with Crippen LogP contribution in [-0.2, 0) is 17.8 Å². The first kappa shape index (κ1) is 18.8. The zero-order chi connectivity index (χ0) is 19.2. The molecule has 27 heavy (non-hydrogen) atoms. The van der Waals surface area contributed by atoms with E-state index in [0.29, 0.717) is 25.3 Å². The maximum absolute atomic E-state index is 12.4. The molecule has 0 aliphatic carbocycles. The number of aryl methyl sites for hydroxylation is 1. The van der Waals surface area contributed by atoms with Gasteiger partial charge in [0.05, 0.1) is 24.2 Å². The number of carbonyl (C=O) groups excluding carboxylic acids is 1. The van der Waals surface area contributed by atoms with Crippen LogP contribution in [0.4, 0.5) is 0 Å². The molecule has 0 saturated heterocycles. The Morgan fingerprint density at radius 3 is 2.74 bits per heavy atom. The molecule has 0 spiro atoms. The summed E-state index contributed by atoms with van der Waals surface area (Å²) in [4.78, 5) is 16.5. The lowest BCUT2D eigenvalue weighted by Gasteiger charge is -2.14. The Labute approximate surface area is 159 Å². The van der Waals surface area contributed by atoms with Gasteiger partial charge in [0, 0.05) is 25.5 Å². The van der Waals surface area contributed by atoms with Gasteiger partial charge in [-0.1, -0.05) is 18.2 Å². The number of nitrogens with one attached hydrogen (secondary N) is 1. The molecule has 1 N–H and O–H groups in total. The lowest BCUT2D eigenvalue weighted by atomic mass is 10.1. The fraction of sp³-hybridized carbons (Fsp3) is 0.286. The Bertz CT molecular complexity index is 919. The highest BCUT2D eigenvalue weighted by Crippen LogP contribution is 2.21. The van der Waals surface area contributed by atoms with Crippen molar-refractivity contribution in [3.05, 3.63) is 76.9 Å². The lowest BCUT2D eigenvalue weighted by Crippen LogP contribution is -2.19. The van der Waals surface area contributed by atoms with E-state index in [2.05, 4.69) is 35.3 Å². The highest BCUT2D eigenvalue weighted by molar-refractivity contribution is 5.90. The molecule has 0 unspecified atom stereocenters. The van der Waals surface area contributed by atoms with Crippen molar-refractivity contribution in [1.82, 2.24) is 20.1 Å². The lowest BCUT2D eigenvalue weighted by molar-refractivity contribution is 0.0525. The molecule has 0 aliphatic rings. The van der Waals surface area contributed by atoms with Gasteiger partial charge >= 0.3 is 5.97 Å². The second-order valence-electron chi connectivity index (χ2n) is 6.32. The summed E-state index contributed by atoms with van der Waals surface area (Å²) in [5, 5.41) is 7.86. The molecule has 1 aromatic carbocycles. The average molecular weight is 364 g/mol. The average Bonchev–Trinajstić information content (AvgIpc) is 3.09. The number of ether oxygens (including phenoxy) is 1. The van der Waals surface area contributed by atoms with Gasteiger partial charge in [-0.15, -0.1) is 0 Å². The molecule has 0 bridgehead atoms. The number of pyridine rings is 1. The van der Waals surface area contributed by atoms with E-state index in [1.807, 2.05) is 35.1 Å². The predicted octanol–water partition coefficient (Wildman–Crippen LogP) is 3.35. The van der Waals surface area contributed by atoms with Crippen molar-refractivity contribution in [2.24, 2.45) is 0 Å². The molecule has 0 saturated carbocycles. The molecule has 3 aromatic rings. The monoisotopic (exact) mass is 364 g/mol. The van der Waals surface area contributed by atoms with Crippen molar-refractivity contribution >= 4 is 5.97 Å². The van der Waals surface area contributed by atoms with Crippen molar-refractivity contribution in [3.63, 3.8) is 0 Å². The van der Waals surface area contributed by atoms with Gasteiger partial charge in [-0.2, -0.15) is 5.10 Å². The third-order valence-electron chi connectivity index (χ3n) is 4.51. The van der Waals surface area contributed by atoms with Crippen molar-refractivity contribution in [3.8, 4) is 5.69 Å². The summed E-state index contributed by atoms with van der Waals surface area (Å²) in [6.45, 7) is 7.38. The van der Waals surface area contributed by atoms with Gasteiger partial charge in [0.2, 0.25) is 0 Å². The molecule has 140 valence electrons. The zero-order valence-electron chi connectivity index (χ0n) is 15.9. The molecule has 2 heterocycles. The van der Waals surface area contributed by atoms with E-state index in [0.717, 1.165) is 22.5 Å². The summed E-state index contributed by atoms with van der Waals surface area (Å²) in [5.74, 6) is -0.354. The van der Waals surface area contributed by atoms with E-state index in [1.165, 1.54) is 5.56 Å². The van der Waals surface area contributed by atoms with Gasteiger partial charge in [0.1, 0.15) is 5.56 Å². The first-order valence-electron chi connectivity index (χ1n) is 9.02. The highest BCUT2D eigenvalue weighted by atomic mass is 16.5. The normalized spacial score (nSPS) is 10.8. The zero-order valence-corrected chi connectivity index (χ0v) is 15.9. The third kappa shape index (κ3) is 4.23. The van der Waals surface area contributed by atoms with Gasteiger partial charge in [-0.05, 0) is 49.6 Å². The van der Waals surface area contributed by atoms with E-state index in [1.54, 1.807) is 19.3 Å². The van der Waals surface area contributed by atoms with Crippen LogP contribution in [0.5, 0.6) is 0 Å². The maximum atomic E-state index is 12.4. The SMILES string of the molecule is CCOC(=O)c1cnn(-c2cccc(C)c2C)c1CNCc1cccnc1. The molecule has 3 rings (SSSR count). The molecule has 6 heteroatoms. The Hall–Kier alpha value is -2.99. The standard InChI is InChI=1S/C21H24N4O2/c1-4-27-21(26)18-13-24-25(19-9-5-7-15(2)16(19)3)20(18)14-23-12-17-8-6-10-22-11-17/h5-11,13,23H,4,12,14H2,1-3H3. The predicted molar refractivity (Wildman–Crippen MR) is 104 cm³/mol. The molecule has 0 radical (unpaired) electrons. The van der Waals surface area contributed by atoms with Crippen LogP contribution < -0.4 is 5.32 Å². The number of hydrogen-bond donors (Lipinski definition) is 1. The summed E-state index contributed by atoms with van der Waals surface area (Å²) in [5.41, 5.74) is 5.61. The smallest absolute Gasteiger partial charge is 0.341 e. The first-order valence-corrected chi connectivity index (χ1v) is 9.02. The van der Waals surface area contributed by atoms with Crippen LogP contribution in [0.3, 0.4) is 0 Å². The number of benzene rings is 1. The fourth-order valence-corrected chi connectivity index (χ4v) is 2.92. The van der Waals surface area contributed by atoms with E-state index >= 15 is 0 Å². The molecule has 6 nitrogen and oxygen atoms in total. The largest absolute Gasteiger partial charge is 0.462 e. The first-order chi connectivity index (χ1) is 13.1. The van der Waals surface area contributed by atoms with E-state index in [4.69, 9.17) is 4.74 Å². The molecule has 0 fully saturated rings. The van der Waals surface area contributed by atoms with Crippen LogP contribution >= 0.6 is 0 Å². The van der Waals surface area contributed by atoms with Crippen molar-refractivity contribution in [2.75, 3.05) is 6.61 Å². The summed E-state index contributed by atoms with van der Waals surface area (Å²) in [7, 11) is 0. The Kier molecular flexibility index (Phi) is 5.98. The van der Waals surface area contributed by atoms with Crippen LogP contribution in [0.1, 0.15) is 39.7 Å². The van der Waals surface area contributed by atoms with E-state index in [-0.39, 0.29) is 5.97 Å². The Morgan fingerprint density at radius 1 is 1.15 bits per heavy atom. The molecule has 0 atom stereocenters. The number of rotatable bonds is 7. The number of aromatic nitrogens is 3. The minimum absolute atomic E-state index is 0.329. The summed E-state index contributed by atoms with van der Waals surface area (Å²) in [6, 6.07) is 9.98. The van der Waals surface area contributed by atoms with Crippen LogP contribution in [0.25, 0.3) is 5.69 Å². The van der Waals surface area contributed by atoms with Crippen molar-refractivity contribution in [2.45, 2.75) is 33.9 Å². The molecule has 0 amide bonds. The molecular weight excluding hydrogens is 340 g/mol. The summed E-state index contributed by atoms with van der Waals surface area (Å²) in [6.07, 6.45) is 5.15. The third-order valence-corrected chi connectivity index (χ3v) is 4.51. The van der Waals surface area contributed by atoms with Gasteiger partial charge < -0.3 is 10.1 Å². The van der Waals surface area contributed by atoms with Gasteiger partial charge in [0.15, 0.2) is 0 Å². The highest BCUT2D eigenvalue weighted by Gasteiger charge is 2.20. The second kappa shape index (κ2) is 8.60. The minimum Gasteiger partial charge on any atom is -0.462 e. The quantitative estimate of drug-likeness (QED) is 0.651. The molecular formula is C21H24N4O2.